The van der Waals surface area contributed by atoms with Gasteiger partial charge in [0.05, 0.1) is 23.0 Å². The molecule has 1 aromatic heterocycles. The maximum Gasteiger partial charge on any atom is 0.224 e. The molecule has 1 aliphatic heterocycles. The molecule has 4 rings (SSSR count). The van der Waals surface area contributed by atoms with Gasteiger partial charge in [0.2, 0.25) is 5.91 Å². The fourth-order valence-corrected chi connectivity index (χ4v) is 3.99. The Morgan fingerprint density at radius 3 is 2.91 bits per heavy atom. The van der Waals surface area contributed by atoms with Crippen LogP contribution in [0.1, 0.15) is 30.7 Å². The van der Waals surface area contributed by atoms with E-state index in [1.165, 1.54) is 0 Å². The van der Waals surface area contributed by atoms with E-state index in [-0.39, 0.29) is 18.4 Å². The molecule has 0 bridgehead atoms. The molecule has 1 aliphatic rings. The minimum absolute atomic E-state index is 0.104. The number of hydrogen-bond acceptors (Lipinski definition) is 5. The van der Waals surface area contributed by atoms with Gasteiger partial charge in [-0.1, -0.05) is 29.3 Å². The summed E-state index contributed by atoms with van der Waals surface area (Å²) in [7, 11) is 0. The Balaban J connectivity index is 1.34. The van der Waals surface area contributed by atoms with Crippen molar-refractivity contribution in [3.8, 4) is 17.1 Å². The number of aryl methyl sites for hydroxylation is 2. The summed E-state index contributed by atoms with van der Waals surface area (Å²) in [6.07, 6.45) is 4.32. The Morgan fingerprint density at radius 2 is 2.12 bits per heavy atom. The zero-order valence-corrected chi connectivity index (χ0v) is 19.2. The molecule has 2 heterocycles. The van der Waals surface area contributed by atoms with Crippen LogP contribution in [0.3, 0.4) is 0 Å². The van der Waals surface area contributed by atoms with Crippen LogP contribution in [0.15, 0.2) is 47.0 Å². The topological polar surface area (TPSA) is 73.6 Å². The lowest BCUT2D eigenvalue weighted by Crippen LogP contribution is -2.18. The van der Waals surface area contributed by atoms with Gasteiger partial charge in [0.15, 0.2) is 11.7 Å². The van der Waals surface area contributed by atoms with Crippen LogP contribution in [-0.2, 0) is 16.0 Å². The van der Waals surface area contributed by atoms with Crippen LogP contribution in [0.5, 0.6) is 5.75 Å². The third-order valence-electron chi connectivity index (χ3n) is 5.18. The molecule has 0 aliphatic carbocycles. The Morgan fingerprint density at radius 1 is 1.25 bits per heavy atom. The van der Waals surface area contributed by atoms with Gasteiger partial charge in [0, 0.05) is 30.0 Å². The molecule has 8 heteroatoms. The molecule has 2 aromatic carbocycles. The lowest BCUT2D eigenvalue weighted by Gasteiger charge is -2.16. The average Bonchev–Trinajstić information content (AvgIpc) is 3.44. The number of benzene rings is 2. The quantitative estimate of drug-likeness (QED) is 0.427. The van der Waals surface area contributed by atoms with Crippen LogP contribution >= 0.6 is 23.2 Å². The van der Waals surface area contributed by atoms with E-state index in [9.17, 15) is 4.79 Å². The third kappa shape index (κ3) is 5.82. The van der Waals surface area contributed by atoms with E-state index < -0.39 is 0 Å². The first-order valence-corrected chi connectivity index (χ1v) is 11.3. The second-order valence-electron chi connectivity index (χ2n) is 7.74. The summed E-state index contributed by atoms with van der Waals surface area (Å²) < 4.78 is 17.3. The van der Waals surface area contributed by atoms with Gasteiger partial charge in [-0.15, -0.1) is 0 Å². The molecule has 0 saturated carbocycles. The Bertz CT molecular complexity index is 1090. The highest BCUT2D eigenvalue weighted by molar-refractivity contribution is 6.36. The van der Waals surface area contributed by atoms with Crippen molar-refractivity contribution in [1.82, 2.24) is 4.98 Å². The summed E-state index contributed by atoms with van der Waals surface area (Å²) in [6.45, 7) is 3.23. The predicted octanol–water partition coefficient (Wildman–Crippen LogP) is 6.09. The van der Waals surface area contributed by atoms with Gasteiger partial charge >= 0.3 is 0 Å². The van der Waals surface area contributed by atoms with Crippen molar-refractivity contribution >= 4 is 34.8 Å². The number of carbonyl (C=O) groups excluding carboxylic acids is 1. The van der Waals surface area contributed by atoms with Crippen molar-refractivity contribution in [2.24, 2.45) is 0 Å². The largest absolute Gasteiger partial charge is 0.489 e. The molecular formula is C24H24Cl2N2O4. The van der Waals surface area contributed by atoms with E-state index in [4.69, 9.17) is 37.1 Å². The predicted molar refractivity (Wildman–Crippen MR) is 125 cm³/mol. The fraction of sp³-hybridized carbons (Fsp3) is 0.333. The van der Waals surface area contributed by atoms with Crippen molar-refractivity contribution in [2.75, 3.05) is 18.5 Å². The minimum atomic E-state index is -0.153. The second-order valence-corrected chi connectivity index (χ2v) is 8.58. The Kier molecular flexibility index (Phi) is 7.35. The van der Waals surface area contributed by atoms with Gasteiger partial charge in [0.1, 0.15) is 12.4 Å². The zero-order valence-electron chi connectivity index (χ0n) is 17.7. The summed E-state index contributed by atoms with van der Waals surface area (Å²) in [5, 5.41) is 3.95. The van der Waals surface area contributed by atoms with E-state index in [1.54, 1.807) is 24.4 Å². The third-order valence-corrected chi connectivity index (χ3v) is 5.72. The molecule has 0 radical (unpaired) electrons. The molecule has 3 aromatic rings. The molecule has 6 nitrogen and oxygen atoms in total. The van der Waals surface area contributed by atoms with Gasteiger partial charge in [-0.3, -0.25) is 4.79 Å². The molecule has 1 fully saturated rings. The van der Waals surface area contributed by atoms with Crippen molar-refractivity contribution in [2.45, 2.75) is 38.7 Å². The number of nitrogens with zero attached hydrogens (tertiary/aromatic N) is 1. The minimum Gasteiger partial charge on any atom is -0.489 e. The maximum absolute atomic E-state index is 12.6. The summed E-state index contributed by atoms with van der Waals surface area (Å²) >= 11 is 12.2. The van der Waals surface area contributed by atoms with Gasteiger partial charge < -0.3 is 19.2 Å². The lowest BCUT2D eigenvalue weighted by atomic mass is 10.2. The smallest absolute Gasteiger partial charge is 0.224 e. The Hall–Kier alpha value is -2.54. The van der Waals surface area contributed by atoms with Gasteiger partial charge in [0.25, 0.3) is 0 Å². The number of carbonyl (C=O) groups is 1. The summed E-state index contributed by atoms with van der Waals surface area (Å²) in [6, 6.07) is 10.9. The molecule has 32 heavy (non-hydrogen) atoms. The second kappa shape index (κ2) is 10.4. The van der Waals surface area contributed by atoms with E-state index in [0.29, 0.717) is 51.7 Å². The molecular weight excluding hydrogens is 451 g/mol. The number of aromatic nitrogens is 1. The van der Waals surface area contributed by atoms with E-state index in [0.717, 1.165) is 25.0 Å². The summed E-state index contributed by atoms with van der Waals surface area (Å²) in [5.74, 6) is 1.48. The van der Waals surface area contributed by atoms with Gasteiger partial charge in [-0.25, -0.2) is 4.98 Å². The van der Waals surface area contributed by atoms with Gasteiger partial charge in [-0.2, -0.15) is 0 Å². The highest BCUT2D eigenvalue weighted by Crippen LogP contribution is 2.31. The standard InChI is InChI=1S/C24H24Cl2N2O4/c1-15-4-7-20(21(11-15)31-14-17-3-2-10-30-17)28-23(29)8-9-24-27-13-22(32-24)18-6-5-16(25)12-19(18)26/h4-7,11-13,17H,2-3,8-10,14H2,1H3,(H,28,29). The van der Waals surface area contributed by atoms with Crippen LogP contribution < -0.4 is 10.1 Å². The van der Waals surface area contributed by atoms with E-state index in [2.05, 4.69) is 10.3 Å². The van der Waals surface area contributed by atoms with Crippen molar-refractivity contribution < 1.29 is 18.7 Å². The number of halogens is 2. The average molecular weight is 475 g/mol. The lowest BCUT2D eigenvalue weighted by molar-refractivity contribution is -0.116. The highest BCUT2D eigenvalue weighted by atomic mass is 35.5. The molecule has 1 amide bonds. The molecule has 168 valence electrons. The normalized spacial score (nSPS) is 15.7. The number of oxazole rings is 1. The van der Waals surface area contributed by atoms with Crippen molar-refractivity contribution in [1.29, 1.82) is 0 Å². The summed E-state index contributed by atoms with van der Waals surface area (Å²) in [5.41, 5.74) is 2.39. The molecule has 0 spiro atoms. The number of anilines is 1. The van der Waals surface area contributed by atoms with Crippen molar-refractivity contribution in [3.63, 3.8) is 0 Å². The number of rotatable bonds is 8. The monoisotopic (exact) mass is 474 g/mol. The van der Waals surface area contributed by atoms with Crippen LogP contribution in [0, 0.1) is 6.92 Å². The van der Waals surface area contributed by atoms with Crippen LogP contribution in [0.25, 0.3) is 11.3 Å². The first-order valence-electron chi connectivity index (χ1n) is 10.5. The Labute approximate surface area is 196 Å². The van der Waals surface area contributed by atoms with Crippen molar-refractivity contribution in [3.05, 3.63) is 64.1 Å². The van der Waals surface area contributed by atoms with Crippen LogP contribution in [-0.4, -0.2) is 30.2 Å². The maximum atomic E-state index is 12.6. The number of hydrogen-bond donors (Lipinski definition) is 1. The SMILES string of the molecule is Cc1ccc(NC(=O)CCc2ncc(-c3ccc(Cl)cc3Cl)o2)c(OCC2CCCO2)c1. The molecule has 1 atom stereocenters. The number of amides is 1. The highest BCUT2D eigenvalue weighted by Gasteiger charge is 2.18. The molecule has 1 unspecified atom stereocenters. The van der Waals surface area contributed by atoms with Crippen LogP contribution in [0.2, 0.25) is 10.0 Å². The number of nitrogens with one attached hydrogen (secondary N) is 1. The molecule has 1 saturated heterocycles. The van der Waals surface area contributed by atoms with Gasteiger partial charge in [-0.05, 0) is 55.7 Å². The number of ether oxygens (including phenoxy) is 2. The van der Waals surface area contributed by atoms with E-state index in [1.807, 2.05) is 25.1 Å². The summed E-state index contributed by atoms with van der Waals surface area (Å²) in [4.78, 5) is 16.8. The first-order chi connectivity index (χ1) is 15.5. The zero-order chi connectivity index (χ0) is 22.5. The first kappa shape index (κ1) is 22.6. The molecule has 1 N–H and O–H groups in total. The van der Waals surface area contributed by atoms with E-state index >= 15 is 0 Å². The van der Waals surface area contributed by atoms with Crippen LogP contribution in [0.4, 0.5) is 5.69 Å². The fourth-order valence-electron chi connectivity index (χ4n) is 3.48.